The number of aliphatic hydroxyl groups is 1. The Hall–Kier alpha value is -2.50. The highest BCUT2D eigenvalue weighted by molar-refractivity contribution is 7.15. The molecule has 9 atom stereocenters. The number of alkyl halides is 2. The lowest BCUT2D eigenvalue weighted by atomic mass is 9.45. The van der Waals surface area contributed by atoms with E-state index in [1.165, 1.54) is 31.6 Å². The van der Waals surface area contributed by atoms with Gasteiger partial charge in [-0.15, -0.1) is 11.3 Å². The fourth-order valence-electron chi connectivity index (χ4n) is 7.92. The topological polar surface area (TPSA) is 119 Å². The van der Waals surface area contributed by atoms with E-state index in [1.807, 2.05) is 0 Å². The zero-order valence-corrected chi connectivity index (χ0v) is 23.3. The van der Waals surface area contributed by atoms with E-state index in [4.69, 9.17) is 25.8 Å². The maximum absolute atomic E-state index is 17.4. The van der Waals surface area contributed by atoms with Crippen LogP contribution in [0.5, 0.6) is 5.75 Å². The van der Waals surface area contributed by atoms with E-state index >= 15 is 8.78 Å². The zero-order chi connectivity index (χ0) is 28.7. The first-order valence-corrected chi connectivity index (χ1v) is 13.8. The molecule has 0 spiro atoms. The van der Waals surface area contributed by atoms with Crippen molar-refractivity contribution in [2.75, 3.05) is 7.11 Å². The number of hydrogen-bond donors (Lipinski definition) is 2. The van der Waals surface area contributed by atoms with Crippen LogP contribution in [0.1, 0.15) is 50.4 Å². The molecule has 2 N–H and O–H groups in total. The van der Waals surface area contributed by atoms with Crippen molar-refractivity contribution in [3.05, 3.63) is 39.1 Å². The molecule has 0 unspecified atom stereocenters. The van der Waals surface area contributed by atoms with Crippen LogP contribution in [0.25, 0.3) is 0 Å². The fraction of sp³-hybridized carbons (Fsp3) is 0.593. The van der Waals surface area contributed by atoms with Crippen LogP contribution >= 0.6 is 22.9 Å². The summed E-state index contributed by atoms with van der Waals surface area (Å²) in [6.07, 6.45) is -2.08. The summed E-state index contributed by atoms with van der Waals surface area (Å²) in [6, 6.07) is 0. The molecule has 1 heterocycles. The largest absolute Gasteiger partial charge is 0.509 e. The molecule has 212 valence electrons. The summed E-state index contributed by atoms with van der Waals surface area (Å²) in [4.78, 5) is 37.5. The second-order valence-electron chi connectivity index (χ2n) is 11.4. The van der Waals surface area contributed by atoms with Crippen LogP contribution in [0.4, 0.5) is 13.6 Å². The maximum Gasteiger partial charge on any atom is 0.509 e. The molecule has 4 aliphatic rings. The van der Waals surface area contributed by atoms with E-state index in [2.05, 4.69) is 0 Å². The Bertz CT molecular complexity index is 1310. The smallest absolute Gasteiger partial charge is 0.493 e. The molecule has 0 amide bonds. The van der Waals surface area contributed by atoms with Crippen molar-refractivity contribution in [1.82, 2.24) is 0 Å². The number of hydrogen-bond acceptors (Lipinski definition) is 8. The van der Waals surface area contributed by atoms with Crippen LogP contribution in [0.2, 0.25) is 4.34 Å². The lowest BCUT2D eigenvalue weighted by molar-refractivity contribution is -0.289. The van der Waals surface area contributed by atoms with Gasteiger partial charge in [0.15, 0.2) is 17.2 Å². The SMILES string of the molecule is COc1c(C(=O)O[C@]2(OC(=O)O)[C@H](C)C[C@H]3[C@@H]4C[C@H](F)C5=CC(=O)C=C[C@]5(C)[C@@]4(F)[C@@H](O)C[C@@]32C)csc1Cl. The minimum atomic E-state index is -2.38. The second kappa shape index (κ2) is 9.01. The van der Waals surface area contributed by atoms with Crippen LogP contribution in [0.15, 0.2) is 29.2 Å². The molecular formula is C27H29ClF2O8S. The standard InChI is InChI=1S/C27H29ClF2O8S/c1-12-7-15-16-9-18(29)17-8-13(31)5-6-24(17,2)26(16,30)19(32)10-25(15,3)27(12,38-23(34)35)37-22(33)14-11-39-21(28)20(14)36-4/h5-6,8,11-12,15-16,18-19,32H,7,9-10H2,1-4H3,(H,34,35)/t12-,15+,16+,18+,19+,24+,25+,26+,27+/m1/s1. The third kappa shape index (κ3) is 3.58. The average Bonchev–Trinajstić information content (AvgIpc) is 3.32. The van der Waals surface area contributed by atoms with Crippen LogP contribution < -0.4 is 4.74 Å². The summed E-state index contributed by atoms with van der Waals surface area (Å²) in [6.45, 7) is 4.67. The first kappa shape index (κ1) is 28.0. The van der Waals surface area contributed by atoms with Crippen molar-refractivity contribution in [2.24, 2.45) is 28.6 Å². The molecule has 8 nitrogen and oxygen atoms in total. The quantitative estimate of drug-likeness (QED) is 0.349. The minimum Gasteiger partial charge on any atom is -0.493 e. The first-order chi connectivity index (χ1) is 18.2. The molecule has 5 rings (SSSR count). The Balaban J connectivity index is 1.61. The third-order valence-electron chi connectivity index (χ3n) is 9.68. The molecule has 0 radical (unpaired) electrons. The Morgan fingerprint density at radius 3 is 2.54 bits per heavy atom. The van der Waals surface area contributed by atoms with Gasteiger partial charge < -0.3 is 24.4 Å². The zero-order valence-electron chi connectivity index (χ0n) is 21.7. The number of aliphatic hydroxyl groups excluding tert-OH is 1. The second-order valence-corrected chi connectivity index (χ2v) is 12.9. The van der Waals surface area contributed by atoms with Crippen LogP contribution in [-0.2, 0) is 14.3 Å². The van der Waals surface area contributed by atoms with Crippen LogP contribution in [0, 0.1) is 28.6 Å². The number of methoxy groups -OCH3 is 1. The Morgan fingerprint density at radius 2 is 1.90 bits per heavy atom. The van der Waals surface area contributed by atoms with Gasteiger partial charge in [0.25, 0.3) is 5.79 Å². The predicted octanol–water partition coefficient (Wildman–Crippen LogP) is 5.52. The molecule has 1 aromatic rings. The first-order valence-electron chi connectivity index (χ1n) is 12.6. The summed E-state index contributed by atoms with van der Waals surface area (Å²) < 4.78 is 49.7. The third-order valence-corrected chi connectivity index (χ3v) is 10.9. The number of carboxylic acid groups (broad SMARTS) is 1. The molecule has 39 heavy (non-hydrogen) atoms. The molecule has 3 saturated carbocycles. The number of ketones is 1. The van der Waals surface area contributed by atoms with Gasteiger partial charge >= 0.3 is 12.1 Å². The normalized spacial score (nSPS) is 42.6. The fourth-order valence-corrected chi connectivity index (χ4v) is 8.96. The Labute approximate surface area is 232 Å². The van der Waals surface area contributed by atoms with Crippen molar-refractivity contribution >= 4 is 40.8 Å². The maximum atomic E-state index is 17.4. The molecule has 0 aromatic carbocycles. The van der Waals surface area contributed by atoms with Gasteiger partial charge in [-0.2, -0.15) is 0 Å². The Kier molecular flexibility index (Phi) is 6.48. The number of fused-ring (bicyclic) bond motifs is 5. The summed E-state index contributed by atoms with van der Waals surface area (Å²) >= 11 is 7.13. The van der Waals surface area contributed by atoms with E-state index in [9.17, 15) is 24.6 Å². The predicted molar refractivity (Wildman–Crippen MR) is 136 cm³/mol. The van der Waals surface area contributed by atoms with E-state index < -0.39 is 70.2 Å². The van der Waals surface area contributed by atoms with Crippen molar-refractivity contribution in [2.45, 2.75) is 63.8 Å². The van der Waals surface area contributed by atoms with Crippen LogP contribution in [-0.4, -0.2) is 59.0 Å². The van der Waals surface area contributed by atoms with Crippen molar-refractivity contribution in [3.8, 4) is 5.75 Å². The van der Waals surface area contributed by atoms with Gasteiger partial charge in [0.05, 0.1) is 18.6 Å². The molecule has 0 aliphatic heterocycles. The van der Waals surface area contributed by atoms with Gasteiger partial charge in [-0.05, 0) is 49.8 Å². The lowest BCUT2D eigenvalue weighted by Gasteiger charge is -2.62. The number of thiophene rings is 1. The van der Waals surface area contributed by atoms with Gasteiger partial charge in [-0.1, -0.05) is 31.5 Å². The van der Waals surface area contributed by atoms with E-state index in [0.29, 0.717) is 0 Å². The van der Waals surface area contributed by atoms with E-state index in [1.54, 1.807) is 13.8 Å². The average molecular weight is 587 g/mol. The highest BCUT2D eigenvalue weighted by atomic mass is 35.5. The van der Waals surface area contributed by atoms with Gasteiger partial charge in [0.2, 0.25) is 0 Å². The number of esters is 1. The molecule has 0 bridgehead atoms. The molecule has 1 aromatic heterocycles. The molecule has 3 fully saturated rings. The van der Waals surface area contributed by atoms with Gasteiger partial charge in [0.1, 0.15) is 16.1 Å². The van der Waals surface area contributed by atoms with Crippen molar-refractivity contribution in [1.29, 1.82) is 0 Å². The number of carbonyl (C=O) groups is 3. The van der Waals surface area contributed by atoms with E-state index in [-0.39, 0.29) is 40.5 Å². The van der Waals surface area contributed by atoms with E-state index in [0.717, 1.165) is 17.4 Å². The lowest BCUT2D eigenvalue weighted by Crippen LogP contribution is -2.70. The Morgan fingerprint density at radius 1 is 1.21 bits per heavy atom. The number of ether oxygens (including phenoxy) is 3. The number of allylic oxidation sites excluding steroid dienone is 4. The molecule has 12 heteroatoms. The molecular weight excluding hydrogens is 558 g/mol. The summed E-state index contributed by atoms with van der Waals surface area (Å²) in [5.74, 6) is -6.14. The van der Waals surface area contributed by atoms with Gasteiger partial charge in [0, 0.05) is 22.6 Å². The molecule has 0 saturated heterocycles. The summed E-state index contributed by atoms with van der Waals surface area (Å²) in [7, 11) is 1.31. The summed E-state index contributed by atoms with van der Waals surface area (Å²) in [5.41, 5.74) is -5.49. The minimum absolute atomic E-state index is 0.0247. The number of halogens is 3. The van der Waals surface area contributed by atoms with Gasteiger partial charge in [-0.3, -0.25) is 4.79 Å². The highest BCUT2D eigenvalue weighted by Gasteiger charge is 2.78. The summed E-state index contributed by atoms with van der Waals surface area (Å²) in [5, 5.41) is 22.7. The monoisotopic (exact) mass is 586 g/mol. The van der Waals surface area contributed by atoms with Crippen molar-refractivity contribution < 1.29 is 47.6 Å². The number of rotatable bonds is 4. The van der Waals surface area contributed by atoms with Gasteiger partial charge in [-0.25, -0.2) is 18.4 Å². The van der Waals surface area contributed by atoms with Crippen molar-refractivity contribution in [3.63, 3.8) is 0 Å². The van der Waals surface area contributed by atoms with Crippen LogP contribution in [0.3, 0.4) is 0 Å². The number of carbonyl (C=O) groups excluding carboxylic acids is 2. The molecule has 4 aliphatic carbocycles. The highest BCUT2D eigenvalue weighted by Crippen LogP contribution is 2.71.